The van der Waals surface area contributed by atoms with Crippen molar-refractivity contribution in [3.8, 4) is 33.9 Å². The molecule has 9 nitrogen and oxygen atoms in total. The summed E-state index contributed by atoms with van der Waals surface area (Å²) in [6.07, 6.45) is 8.41. The van der Waals surface area contributed by atoms with Gasteiger partial charge in [0.25, 0.3) is 5.91 Å². The lowest BCUT2D eigenvalue weighted by atomic mass is 10.1. The molecule has 1 amide bonds. The number of para-hydroxylation sites is 1. The van der Waals surface area contributed by atoms with E-state index in [0.717, 1.165) is 38.6 Å². The Hall–Kier alpha value is -5.57. The van der Waals surface area contributed by atoms with Gasteiger partial charge in [-0.15, -0.1) is 0 Å². The Morgan fingerprint density at radius 3 is 2.68 bits per heavy atom. The molecule has 7 rings (SSSR count). The van der Waals surface area contributed by atoms with Crippen molar-refractivity contribution in [1.82, 2.24) is 30.1 Å². The van der Waals surface area contributed by atoms with E-state index in [1.807, 2.05) is 54.6 Å². The van der Waals surface area contributed by atoms with E-state index < -0.39 is 0 Å². The monoisotopic (exact) mass is 497 g/mol. The second-order valence-electron chi connectivity index (χ2n) is 8.77. The maximum absolute atomic E-state index is 12.6. The van der Waals surface area contributed by atoms with Crippen molar-refractivity contribution in [1.29, 1.82) is 0 Å². The Balaban J connectivity index is 1.25. The zero-order chi connectivity index (χ0) is 25.5. The summed E-state index contributed by atoms with van der Waals surface area (Å²) < 4.78 is 5.27. The average molecular weight is 498 g/mol. The topological polar surface area (TPSA) is 125 Å². The molecule has 0 unspecified atom stereocenters. The lowest BCUT2D eigenvalue weighted by Crippen LogP contribution is -2.11. The highest BCUT2D eigenvalue weighted by atomic mass is 16.3. The van der Waals surface area contributed by atoms with Gasteiger partial charge in [-0.05, 0) is 36.4 Å². The van der Waals surface area contributed by atoms with Crippen molar-refractivity contribution >= 4 is 33.5 Å². The number of amides is 1. The number of furan rings is 1. The summed E-state index contributed by atoms with van der Waals surface area (Å²) in [5, 5.41) is 11.3. The third kappa shape index (κ3) is 3.79. The van der Waals surface area contributed by atoms with Crippen LogP contribution in [0.1, 0.15) is 10.4 Å². The smallest absolute Gasteiger partial charge is 0.255 e. The van der Waals surface area contributed by atoms with Gasteiger partial charge in [-0.1, -0.05) is 30.3 Å². The quantitative estimate of drug-likeness (QED) is 0.265. The van der Waals surface area contributed by atoms with E-state index in [1.165, 1.54) is 0 Å². The van der Waals surface area contributed by atoms with Crippen molar-refractivity contribution in [3.63, 3.8) is 0 Å². The van der Waals surface area contributed by atoms with Crippen LogP contribution in [0.5, 0.6) is 0 Å². The highest BCUT2D eigenvalue weighted by Crippen LogP contribution is 2.32. The molecular weight excluding hydrogens is 478 g/mol. The zero-order valence-corrected chi connectivity index (χ0v) is 19.8. The maximum Gasteiger partial charge on any atom is 0.255 e. The second kappa shape index (κ2) is 8.82. The van der Waals surface area contributed by atoms with Gasteiger partial charge >= 0.3 is 0 Å². The number of aromatic amines is 2. The zero-order valence-electron chi connectivity index (χ0n) is 19.8. The largest absolute Gasteiger partial charge is 0.472 e. The maximum atomic E-state index is 12.6. The number of carbonyl (C=O) groups is 1. The van der Waals surface area contributed by atoms with E-state index in [0.29, 0.717) is 28.5 Å². The first-order chi connectivity index (χ1) is 18.7. The second-order valence-corrected chi connectivity index (χ2v) is 8.77. The molecule has 182 valence electrons. The van der Waals surface area contributed by atoms with Crippen molar-refractivity contribution in [2.45, 2.75) is 0 Å². The predicted octanol–water partition coefficient (Wildman–Crippen LogP) is 6.08. The number of aromatic nitrogens is 6. The Morgan fingerprint density at radius 1 is 0.895 bits per heavy atom. The van der Waals surface area contributed by atoms with Gasteiger partial charge in [-0.2, -0.15) is 5.10 Å². The Labute approximate surface area is 215 Å². The predicted molar refractivity (Wildman–Crippen MR) is 144 cm³/mol. The first kappa shape index (κ1) is 21.7. The SMILES string of the molecule is O=C(Nc1cncc(-c2cc3c(-c4nc5c(-c6ccoc6)cccc5[nH]4)n[nH]c3cn2)c1)c1ccccc1. The summed E-state index contributed by atoms with van der Waals surface area (Å²) in [6.45, 7) is 0. The van der Waals surface area contributed by atoms with E-state index in [-0.39, 0.29) is 5.91 Å². The fourth-order valence-corrected chi connectivity index (χ4v) is 4.49. The lowest BCUT2D eigenvalue weighted by Gasteiger charge is -2.07. The fraction of sp³-hybridized carbons (Fsp3) is 0. The molecule has 38 heavy (non-hydrogen) atoms. The van der Waals surface area contributed by atoms with Gasteiger partial charge < -0.3 is 14.7 Å². The molecule has 0 saturated heterocycles. The van der Waals surface area contributed by atoms with Gasteiger partial charge in [-0.25, -0.2) is 4.98 Å². The minimum Gasteiger partial charge on any atom is -0.472 e. The van der Waals surface area contributed by atoms with Crippen LogP contribution in [0.4, 0.5) is 5.69 Å². The number of hydrogen-bond acceptors (Lipinski definition) is 6. The van der Waals surface area contributed by atoms with Crippen LogP contribution < -0.4 is 5.32 Å². The van der Waals surface area contributed by atoms with Gasteiger partial charge in [-0.3, -0.25) is 19.9 Å². The van der Waals surface area contributed by atoms with Crippen molar-refractivity contribution in [3.05, 3.63) is 103 Å². The average Bonchev–Trinajstić information content (AvgIpc) is 3.73. The molecule has 0 spiro atoms. The molecule has 5 aromatic heterocycles. The Kier molecular flexibility index (Phi) is 5.04. The van der Waals surface area contributed by atoms with Gasteiger partial charge in [0.05, 0.1) is 52.9 Å². The molecule has 0 radical (unpaired) electrons. The third-order valence-electron chi connectivity index (χ3n) is 6.34. The normalized spacial score (nSPS) is 11.3. The van der Waals surface area contributed by atoms with Crippen molar-refractivity contribution in [2.75, 3.05) is 5.32 Å². The molecule has 0 atom stereocenters. The lowest BCUT2D eigenvalue weighted by molar-refractivity contribution is 0.102. The molecule has 0 fully saturated rings. The minimum absolute atomic E-state index is 0.204. The van der Waals surface area contributed by atoms with E-state index in [4.69, 9.17) is 9.40 Å². The number of benzene rings is 2. The number of imidazole rings is 1. The fourth-order valence-electron chi connectivity index (χ4n) is 4.49. The molecular formula is C29H19N7O2. The highest BCUT2D eigenvalue weighted by Gasteiger charge is 2.17. The molecule has 0 aliphatic carbocycles. The molecule has 0 saturated carbocycles. The summed E-state index contributed by atoms with van der Waals surface area (Å²) in [6, 6.07) is 20.7. The Bertz CT molecular complexity index is 1920. The van der Waals surface area contributed by atoms with E-state index >= 15 is 0 Å². The van der Waals surface area contributed by atoms with E-state index in [2.05, 4.69) is 30.5 Å². The molecule has 9 heteroatoms. The summed E-state index contributed by atoms with van der Waals surface area (Å²) in [7, 11) is 0. The van der Waals surface area contributed by atoms with E-state index in [9.17, 15) is 4.79 Å². The van der Waals surface area contributed by atoms with Crippen LogP contribution in [-0.2, 0) is 0 Å². The number of hydrogen-bond donors (Lipinski definition) is 3. The van der Waals surface area contributed by atoms with Gasteiger partial charge in [0, 0.05) is 33.8 Å². The molecule has 5 heterocycles. The standard InChI is InChI=1S/C29H19N7O2/c37-29(17-5-2-1-3-6-17)32-20-11-19(13-30-14-20)24-12-22-25(15-31-24)35-36-27(22)28-33-23-8-4-7-21(26(23)34-28)18-9-10-38-16-18/h1-16H,(H,32,37)(H,33,34)(H,35,36). The summed E-state index contributed by atoms with van der Waals surface area (Å²) in [4.78, 5) is 29.8. The number of nitrogens with zero attached hydrogens (tertiary/aromatic N) is 4. The van der Waals surface area contributed by atoms with Crippen LogP contribution in [0.15, 0.2) is 102 Å². The van der Waals surface area contributed by atoms with Gasteiger partial charge in [0.2, 0.25) is 0 Å². The van der Waals surface area contributed by atoms with Crippen LogP contribution in [0.2, 0.25) is 0 Å². The summed E-state index contributed by atoms with van der Waals surface area (Å²) >= 11 is 0. The number of H-pyrrole nitrogens is 2. The molecule has 0 aliphatic heterocycles. The molecule has 3 N–H and O–H groups in total. The summed E-state index contributed by atoms with van der Waals surface area (Å²) in [5.74, 6) is 0.436. The molecule has 0 bridgehead atoms. The molecule has 0 aliphatic rings. The van der Waals surface area contributed by atoms with Crippen molar-refractivity contribution in [2.24, 2.45) is 0 Å². The van der Waals surface area contributed by atoms with E-state index in [1.54, 1.807) is 43.2 Å². The number of fused-ring (bicyclic) bond motifs is 2. The van der Waals surface area contributed by atoms with Crippen LogP contribution in [0, 0.1) is 0 Å². The molecule has 7 aromatic rings. The van der Waals surface area contributed by atoms with Crippen LogP contribution in [-0.4, -0.2) is 36.0 Å². The van der Waals surface area contributed by atoms with Crippen LogP contribution in [0.3, 0.4) is 0 Å². The summed E-state index contributed by atoms with van der Waals surface area (Å²) in [5.41, 5.74) is 7.73. The van der Waals surface area contributed by atoms with Crippen molar-refractivity contribution < 1.29 is 9.21 Å². The minimum atomic E-state index is -0.204. The molecule has 2 aromatic carbocycles. The number of rotatable bonds is 5. The first-order valence-electron chi connectivity index (χ1n) is 11.9. The Morgan fingerprint density at radius 2 is 1.82 bits per heavy atom. The van der Waals surface area contributed by atoms with Gasteiger partial charge in [0.15, 0.2) is 5.82 Å². The number of nitrogens with one attached hydrogen (secondary N) is 3. The number of carbonyl (C=O) groups excluding carboxylic acids is 1. The number of anilines is 1. The number of pyridine rings is 2. The van der Waals surface area contributed by atoms with Crippen LogP contribution >= 0.6 is 0 Å². The third-order valence-corrected chi connectivity index (χ3v) is 6.34. The van der Waals surface area contributed by atoms with Gasteiger partial charge in [0.1, 0.15) is 5.69 Å². The van der Waals surface area contributed by atoms with Crippen LogP contribution in [0.25, 0.3) is 55.8 Å². The first-order valence-corrected chi connectivity index (χ1v) is 11.9. The highest BCUT2D eigenvalue weighted by molar-refractivity contribution is 6.04.